The first kappa shape index (κ1) is 22.5. The molecular weight excluding hydrogens is 399 g/mol. The molecular formula is C22H29FN6O2. The quantitative estimate of drug-likeness (QED) is 0.471. The summed E-state index contributed by atoms with van der Waals surface area (Å²) in [7, 11) is 1.58. The Hall–Kier alpha value is -3.20. The van der Waals surface area contributed by atoms with Crippen molar-refractivity contribution in [2.75, 3.05) is 33.4 Å². The highest BCUT2D eigenvalue weighted by Gasteiger charge is 2.26. The number of carbonyl (C=O) groups is 1. The Morgan fingerprint density at radius 3 is 2.87 bits per heavy atom. The Balaban J connectivity index is 1.95. The normalized spacial score (nSPS) is 20.6. The molecule has 0 aliphatic carbocycles. The lowest BCUT2D eigenvalue weighted by atomic mass is 10.0. The molecule has 0 aromatic heterocycles. The molecule has 8 nitrogen and oxygen atoms in total. The molecule has 166 valence electrons. The number of aliphatic imine (C=N–C) groups is 2. The summed E-state index contributed by atoms with van der Waals surface area (Å²) in [5, 5.41) is 3.51. The van der Waals surface area contributed by atoms with E-state index in [9.17, 15) is 9.18 Å². The maximum Gasteiger partial charge on any atom is 0.219 e. The van der Waals surface area contributed by atoms with Crippen LogP contribution in [0, 0.1) is 5.82 Å². The molecule has 2 heterocycles. The van der Waals surface area contributed by atoms with E-state index in [2.05, 4.69) is 15.3 Å². The third kappa shape index (κ3) is 5.49. The Morgan fingerprint density at radius 2 is 2.23 bits per heavy atom. The van der Waals surface area contributed by atoms with Crippen molar-refractivity contribution in [3.05, 3.63) is 47.0 Å². The van der Waals surface area contributed by atoms with Crippen molar-refractivity contribution in [3.8, 4) is 0 Å². The molecule has 1 saturated heterocycles. The summed E-state index contributed by atoms with van der Waals surface area (Å²) in [4.78, 5) is 22.1. The first-order chi connectivity index (χ1) is 14.9. The van der Waals surface area contributed by atoms with Crippen LogP contribution in [0.15, 0.2) is 45.7 Å². The van der Waals surface area contributed by atoms with E-state index in [0.29, 0.717) is 37.4 Å². The van der Waals surface area contributed by atoms with Gasteiger partial charge in [-0.15, -0.1) is 0 Å². The predicted molar refractivity (Wildman–Crippen MR) is 121 cm³/mol. The molecule has 1 unspecified atom stereocenters. The number of amides is 1. The number of carbonyl (C=O) groups excluding carboxylic acids is 1. The molecule has 0 radical (unpaired) electrons. The zero-order valence-corrected chi connectivity index (χ0v) is 17.9. The summed E-state index contributed by atoms with van der Waals surface area (Å²) in [6, 6.07) is 4.66. The maximum absolute atomic E-state index is 14.3. The number of nitrogens with one attached hydrogen (secondary N) is 1. The van der Waals surface area contributed by atoms with Crippen molar-refractivity contribution in [2.45, 2.75) is 25.8 Å². The van der Waals surface area contributed by atoms with Gasteiger partial charge in [-0.2, -0.15) is 0 Å². The summed E-state index contributed by atoms with van der Waals surface area (Å²) in [5.41, 5.74) is 15.0. The van der Waals surface area contributed by atoms with E-state index in [4.69, 9.17) is 16.2 Å². The first-order valence-electron chi connectivity index (χ1n) is 10.2. The second-order valence-electron chi connectivity index (χ2n) is 7.52. The van der Waals surface area contributed by atoms with E-state index in [1.54, 1.807) is 24.1 Å². The number of nitrogens with zero attached hydrogens (tertiary/aromatic N) is 3. The van der Waals surface area contributed by atoms with Crippen LogP contribution in [-0.4, -0.2) is 62.3 Å². The summed E-state index contributed by atoms with van der Waals surface area (Å²) in [5.74, 6) is -0.168. The maximum atomic E-state index is 14.3. The molecule has 2 aliphatic heterocycles. The smallest absolute Gasteiger partial charge is 0.219 e. The molecule has 5 N–H and O–H groups in total. The monoisotopic (exact) mass is 428 g/mol. The number of allylic oxidation sites excluding steroid dienone is 1. The number of rotatable bonds is 6. The molecule has 1 atom stereocenters. The average Bonchev–Trinajstić information content (AvgIpc) is 3.26. The third-order valence-corrected chi connectivity index (χ3v) is 5.37. The lowest BCUT2D eigenvalue weighted by molar-refractivity contribution is -0.128. The standard InChI is InChI=1S/C22H29FN6O2/c1-14(30)29-7-5-21(27-17-6-8-31-13-17)19(12-29)22(25)28-16-3-4-20(23)18(9-16)15(10-24)11-26-2/h3-4,9-11,17,27H,5-8,12-13,24H2,1-2H3,(H2,25,28). The number of halogens is 1. The summed E-state index contributed by atoms with van der Waals surface area (Å²) >= 11 is 0. The van der Waals surface area contributed by atoms with Crippen molar-refractivity contribution >= 4 is 29.2 Å². The molecule has 1 fully saturated rings. The Bertz CT molecular complexity index is 947. The van der Waals surface area contributed by atoms with Crippen molar-refractivity contribution in [3.63, 3.8) is 0 Å². The number of nitrogens with two attached hydrogens (primary N) is 2. The van der Waals surface area contributed by atoms with Crippen LogP contribution in [0.2, 0.25) is 0 Å². The zero-order chi connectivity index (χ0) is 22.4. The molecule has 9 heteroatoms. The highest BCUT2D eigenvalue weighted by Crippen LogP contribution is 2.25. The fourth-order valence-electron chi connectivity index (χ4n) is 3.67. The van der Waals surface area contributed by atoms with Crippen molar-refractivity contribution in [1.82, 2.24) is 10.2 Å². The van der Waals surface area contributed by atoms with Gasteiger partial charge >= 0.3 is 0 Å². The molecule has 0 saturated carbocycles. The highest BCUT2D eigenvalue weighted by molar-refractivity contribution is 6.10. The van der Waals surface area contributed by atoms with Crippen LogP contribution in [-0.2, 0) is 9.53 Å². The Morgan fingerprint density at radius 1 is 1.42 bits per heavy atom. The van der Waals surface area contributed by atoms with Crippen LogP contribution in [0.1, 0.15) is 25.3 Å². The number of hydrogen-bond acceptors (Lipinski definition) is 6. The number of benzene rings is 1. The van der Waals surface area contributed by atoms with Gasteiger partial charge in [-0.25, -0.2) is 9.38 Å². The largest absolute Gasteiger partial charge is 0.404 e. The third-order valence-electron chi connectivity index (χ3n) is 5.37. The van der Waals surface area contributed by atoms with E-state index in [1.165, 1.54) is 25.4 Å². The molecule has 0 spiro atoms. The van der Waals surface area contributed by atoms with Gasteiger partial charge in [0.1, 0.15) is 11.7 Å². The van der Waals surface area contributed by atoms with Crippen LogP contribution in [0.3, 0.4) is 0 Å². The molecule has 3 rings (SSSR count). The van der Waals surface area contributed by atoms with Crippen LogP contribution in [0.4, 0.5) is 10.1 Å². The minimum atomic E-state index is -0.433. The lowest BCUT2D eigenvalue weighted by Gasteiger charge is -2.31. The number of ether oxygens (including phenoxy) is 1. The van der Waals surface area contributed by atoms with E-state index in [1.807, 2.05) is 0 Å². The second-order valence-corrected chi connectivity index (χ2v) is 7.52. The van der Waals surface area contributed by atoms with Crippen molar-refractivity contribution < 1.29 is 13.9 Å². The molecule has 0 bridgehead atoms. The molecule has 1 aromatic rings. The van der Waals surface area contributed by atoms with Gasteiger partial charge in [0.15, 0.2) is 0 Å². The molecule has 1 aromatic carbocycles. The van der Waals surface area contributed by atoms with Gasteiger partial charge in [0, 0.05) is 68.4 Å². The summed E-state index contributed by atoms with van der Waals surface area (Å²) in [6.45, 7) is 3.88. The summed E-state index contributed by atoms with van der Waals surface area (Å²) < 4.78 is 19.8. The van der Waals surface area contributed by atoms with Gasteiger partial charge in [0.05, 0.1) is 24.9 Å². The number of amidine groups is 1. The van der Waals surface area contributed by atoms with Gasteiger partial charge in [-0.05, 0) is 24.6 Å². The molecule has 1 amide bonds. The van der Waals surface area contributed by atoms with Gasteiger partial charge in [0.2, 0.25) is 5.91 Å². The van der Waals surface area contributed by atoms with Gasteiger partial charge in [-0.1, -0.05) is 0 Å². The fraction of sp³-hybridized carbons (Fsp3) is 0.409. The fourth-order valence-corrected chi connectivity index (χ4v) is 3.67. The number of hydrogen-bond donors (Lipinski definition) is 3. The van der Waals surface area contributed by atoms with Crippen molar-refractivity contribution in [2.24, 2.45) is 21.5 Å². The average molecular weight is 429 g/mol. The minimum Gasteiger partial charge on any atom is -0.404 e. The highest BCUT2D eigenvalue weighted by atomic mass is 19.1. The lowest BCUT2D eigenvalue weighted by Crippen LogP contribution is -2.43. The van der Waals surface area contributed by atoms with Gasteiger partial charge in [0.25, 0.3) is 0 Å². The summed E-state index contributed by atoms with van der Waals surface area (Å²) in [6.07, 6.45) is 4.35. The van der Waals surface area contributed by atoms with E-state index in [0.717, 1.165) is 24.3 Å². The van der Waals surface area contributed by atoms with Gasteiger partial charge in [-0.3, -0.25) is 9.79 Å². The minimum absolute atomic E-state index is 0.0193. The van der Waals surface area contributed by atoms with E-state index in [-0.39, 0.29) is 23.3 Å². The van der Waals surface area contributed by atoms with E-state index >= 15 is 0 Å². The van der Waals surface area contributed by atoms with E-state index < -0.39 is 5.82 Å². The van der Waals surface area contributed by atoms with Crippen LogP contribution >= 0.6 is 0 Å². The second kappa shape index (κ2) is 10.2. The first-order valence-corrected chi connectivity index (χ1v) is 10.2. The van der Waals surface area contributed by atoms with Crippen molar-refractivity contribution in [1.29, 1.82) is 0 Å². The predicted octanol–water partition coefficient (Wildman–Crippen LogP) is 1.70. The Kier molecular flexibility index (Phi) is 7.41. The van der Waals surface area contributed by atoms with Crippen LogP contribution in [0.5, 0.6) is 0 Å². The zero-order valence-electron chi connectivity index (χ0n) is 17.9. The SMILES string of the molecule is CN=CC(=CN)c1cc(N=C(N)C2=C(NC3CCOC3)CCN(C(C)=O)C2)ccc1F. The molecule has 2 aliphatic rings. The van der Waals surface area contributed by atoms with Gasteiger partial charge < -0.3 is 26.4 Å². The topological polar surface area (TPSA) is 118 Å². The van der Waals surface area contributed by atoms with Crippen LogP contribution in [0.25, 0.3) is 5.57 Å². The Labute approximate surface area is 181 Å². The van der Waals surface area contributed by atoms with Crippen LogP contribution < -0.4 is 16.8 Å². The molecule has 31 heavy (non-hydrogen) atoms.